The zero-order valence-electron chi connectivity index (χ0n) is 10.9. The Labute approximate surface area is 109 Å². The SMILES string of the molecule is CC(C)NCc1cccc(F)c1OCCC(F)(F)F. The van der Waals surface area contributed by atoms with Crippen molar-refractivity contribution < 1.29 is 22.3 Å². The normalized spacial score (nSPS) is 11.9. The zero-order chi connectivity index (χ0) is 14.5. The molecule has 108 valence electrons. The molecule has 1 aromatic rings. The Morgan fingerprint density at radius 1 is 1.26 bits per heavy atom. The maximum Gasteiger partial charge on any atom is 0.392 e. The molecule has 0 amide bonds. The van der Waals surface area contributed by atoms with E-state index >= 15 is 0 Å². The van der Waals surface area contributed by atoms with Gasteiger partial charge in [0.2, 0.25) is 0 Å². The van der Waals surface area contributed by atoms with Crippen LogP contribution in [0.15, 0.2) is 18.2 Å². The van der Waals surface area contributed by atoms with Crippen LogP contribution >= 0.6 is 0 Å². The molecule has 0 radical (unpaired) electrons. The molecule has 0 aliphatic carbocycles. The smallest absolute Gasteiger partial charge is 0.392 e. The summed E-state index contributed by atoms with van der Waals surface area (Å²) in [6, 6.07) is 4.48. The van der Waals surface area contributed by atoms with Crippen LogP contribution in [0, 0.1) is 5.82 Å². The summed E-state index contributed by atoms with van der Waals surface area (Å²) < 4.78 is 54.6. The third-order valence-electron chi connectivity index (χ3n) is 2.38. The molecule has 2 nitrogen and oxygen atoms in total. The second-order valence-corrected chi connectivity index (χ2v) is 4.48. The van der Waals surface area contributed by atoms with Gasteiger partial charge in [-0.05, 0) is 6.07 Å². The summed E-state index contributed by atoms with van der Waals surface area (Å²) in [6.07, 6.45) is -5.40. The highest BCUT2D eigenvalue weighted by atomic mass is 19.4. The fourth-order valence-electron chi connectivity index (χ4n) is 1.44. The van der Waals surface area contributed by atoms with E-state index in [1.54, 1.807) is 6.07 Å². The first-order valence-corrected chi connectivity index (χ1v) is 6.00. The largest absolute Gasteiger partial charge is 0.490 e. The first kappa shape index (κ1) is 15.8. The molecule has 0 heterocycles. The molecule has 0 fully saturated rings. The second kappa shape index (κ2) is 6.75. The van der Waals surface area contributed by atoms with Crippen molar-refractivity contribution >= 4 is 0 Å². The summed E-state index contributed by atoms with van der Waals surface area (Å²) in [6.45, 7) is 3.60. The molecule has 0 atom stereocenters. The van der Waals surface area contributed by atoms with Crippen molar-refractivity contribution in [3.8, 4) is 5.75 Å². The van der Waals surface area contributed by atoms with Crippen LogP contribution in [0.2, 0.25) is 0 Å². The lowest BCUT2D eigenvalue weighted by atomic mass is 10.2. The number of hydrogen-bond donors (Lipinski definition) is 1. The summed E-state index contributed by atoms with van der Waals surface area (Å²) in [4.78, 5) is 0. The molecule has 19 heavy (non-hydrogen) atoms. The Morgan fingerprint density at radius 2 is 1.95 bits per heavy atom. The lowest BCUT2D eigenvalue weighted by molar-refractivity contribution is -0.139. The Kier molecular flexibility index (Phi) is 5.60. The second-order valence-electron chi connectivity index (χ2n) is 4.48. The molecular formula is C13H17F4NO. The monoisotopic (exact) mass is 279 g/mol. The van der Waals surface area contributed by atoms with Gasteiger partial charge in [0, 0.05) is 18.2 Å². The van der Waals surface area contributed by atoms with Crippen LogP contribution in [0.5, 0.6) is 5.75 Å². The molecular weight excluding hydrogens is 262 g/mol. The van der Waals surface area contributed by atoms with Crippen molar-refractivity contribution in [1.82, 2.24) is 5.32 Å². The Bertz CT molecular complexity index is 404. The highest BCUT2D eigenvalue weighted by Gasteiger charge is 2.27. The van der Waals surface area contributed by atoms with Crippen LogP contribution in [-0.4, -0.2) is 18.8 Å². The van der Waals surface area contributed by atoms with E-state index in [9.17, 15) is 17.6 Å². The topological polar surface area (TPSA) is 21.3 Å². The quantitative estimate of drug-likeness (QED) is 0.802. The van der Waals surface area contributed by atoms with Crippen molar-refractivity contribution in [1.29, 1.82) is 0 Å². The molecule has 1 rings (SSSR count). The van der Waals surface area contributed by atoms with E-state index in [0.717, 1.165) is 0 Å². The number of para-hydroxylation sites is 1. The molecule has 0 aromatic heterocycles. The summed E-state index contributed by atoms with van der Waals surface area (Å²) in [5.41, 5.74) is 0.510. The van der Waals surface area contributed by atoms with E-state index in [1.807, 2.05) is 13.8 Å². The van der Waals surface area contributed by atoms with Gasteiger partial charge in [0.05, 0.1) is 13.0 Å². The summed E-state index contributed by atoms with van der Waals surface area (Å²) >= 11 is 0. The van der Waals surface area contributed by atoms with Gasteiger partial charge in [-0.1, -0.05) is 26.0 Å². The number of benzene rings is 1. The zero-order valence-corrected chi connectivity index (χ0v) is 10.9. The van der Waals surface area contributed by atoms with E-state index in [1.165, 1.54) is 12.1 Å². The molecule has 0 unspecified atom stereocenters. The van der Waals surface area contributed by atoms with Crippen LogP contribution in [0.4, 0.5) is 17.6 Å². The van der Waals surface area contributed by atoms with Crippen molar-refractivity contribution in [2.45, 2.75) is 39.0 Å². The summed E-state index contributed by atoms with van der Waals surface area (Å²) in [7, 11) is 0. The fraction of sp³-hybridized carbons (Fsp3) is 0.538. The Morgan fingerprint density at radius 3 is 2.53 bits per heavy atom. The van der Waals surface area contributed by atoms with Gasteiger partial charge in [-0.25, -0.2) is 4.39 Å². The predicted molar refractivity (Wildman–Crippen MR) is 64.5 cm³/mol. The molecule has 0 saturated carbocycles. The van der Waals surface area contributed by atoms with Crippen LogP contribution in [-0.2, 0) is 6.54 Å². The van der Waals surface area contributed by atoms with E-state index in [4.69, 9.17) is 4.74 Å². The molecule has 0 saturated heterocycles. The van der Waals surface area contributed by atoms with Crippen molar-refractivity contribution in [2.24, 2.45) is 0 Å². The molecule has 0 bridgehead atoms. The minimum atomic E-state index is -4.30. The molecule has 6 heteroatoms. The average Bonchev–Trinajstić information content (AvgIpc) is 2.27. The van der Waals surface area contributed by atoms with E-state index in [2.05, 4.69) is 5.32 Å². The summed E-state index contributed by atoms with van der Waals surface area (Å²) in [5, 5.41) is 3.07. The average molecular weight is 279 g/mol. The lowest BCUT2D eigenvalue weighted by Gasteiger charge is -2.15. The van der Waals surface area contributed by atoms with Gasteiger partial charge < -0.3 is 10.1 Å². The van der Waals surface area contributed by atoms with Gasteiger partial charge >= 0.3 is 6.18 Å². The molecule has 1 N–H and O–H groups in total. The maximum absolute atomic E-state index is 13.6. The number of halogens is 4. The van der Waals surface area contributed by atoms with Crippen LogP contribution < -0.4 is 10.1 Å². The van der Waals surface area contributed by atoms with Gasteiger partial charge in [0.15, 0.2) is 11.6 Å². The summed E-state index contributed by atoms with van der Waals surface area (Å²) in [5.74, 6) is -0.759. The molecule has 0 aliphatic rings. The Hall–Kier alpha value is -1.30. The van der Waals surface area contributed by atoms with Gasteiger partial charge in [-0.15, -0.1) is 0 Å². The lowest BCUT2D eigenvalue weighted by Crippen LogP contribution is -2.22. The number of ether oxygens (including phenoxy) is 1. The Balaban J connectivity index is 2.69. The van der Waals surface area contributed by atoms with Gasteiger partial charge in [0.1, 0.15) is 0 Å². The maximum atomic E-state index is 13.6. The third-order valence-corrected chi connectivity index (χ3v) is 2.38. The number of alkyl halides is 3. The minimum absolute atomic E-state index is 0.111. The molecule has 0 spiro atoms. The van der Waals surface area contributed by atoms with Crippen LogP contribution in [0.1, 0.15) is 25.8 Å². The molecule has 1 aromatic carbocycles. The van der Waals surface area contributed by atoms with E-state index in [-0.39, 0.29) is 11.8 Å². The van der Waals surface area contributed by atoms with Crippen molar-refractivity contribution in [3.63, 3.8) is 0 Å². The first-order chi connectivity index (χ1) is 8.79. The van der Waals surface area contributed by atoms with Gasteiger partial charge in [-0.2, -0.15) is 13.2 Å². The first-order valence-electron chi connectivity index (χ1n) is 6.00. The predicted octanol–water partition coefficient (Wildman–Crippen LogP) is 3.65. The van der Waals surface area contributed by atoms with Crippen molar-refractivity contribution in [2.75, 3.05) is 6.61 Å². The number of rotatable bonds is 6. The fourth-order valence-corrected chi connectivity index (χ4v) is 1.44. The number of nitrogens with one attached hydrogen (secondary N) is 1. The number of hydrogen-bond acceptors (Lipinski definition) is 2. The van der Waals surface area contributed by atoms with Crippen LogP contribution in [0.25, 0.3) is 0 Å². The highest BCUT2D eigenvalue weighted by Crippen LogP contribution is 2.25. The molecule has 0 aliphatic heterocycles. The van der Waals surface area contributed by atoms with Gasteiger partial charge in [0.25, 0.3) is 0 Å². The minimum Gasteiger partial charge on any atom is -0.490 e. The van der Waals surface area contributed by atoms with E-state index < -0.39 is 25.0 Å². The van der Waals surface area contributed by atoms with E-state index in [0.29, 0.717) is 12.1 Å². The van der Waals surface area contributed by atoms with Crippen molar-refractivity contribution in [3.05, 3.63) is 29.6 Å². The van der Waals surface area contributed by atoms with Crippen LogP contribution in [0.3, 0.4) is 0 Å². The highest BCUT2D eigenvalue weighted by molar-refractivity contribution is 5.34. The standard InChI is InChI=1S/C13H17F4NO/c1-9(2)18-8-10-4-3-5-11(14)12(10)19-7-6-13(15,16)17/h3-5,9,18H,6-8H2,1-2H3. The van der Waals surface area contributed by atoms with Gasteiger partial charge in [-0.3, -0.25) is 0 Å². The third kappa shape index (κ3) is 5.92.